The molecule has 17 heavy (non-hydrogen) atoms. The molecule has 0 spiro atoms. The van der Waals surface area contributed by atoms with Crippen LogP contribution in [0.2, 0.25) is 0 Å². The molecule has 2 N–H and O–H groups in total. The van der Waals surface area contributed by atoms with E-state index in [0.717, 1.165) is 18.8 Å². The second kappa shape index (κ2) is 4.58. The van der Waals surface area contributed by atoms with E-state index in [0.29, 0.717) is 4.47 Å². The summed E-state index contributed by atoms with van der Waals surface area (Å²) in [7, 11) is 0. The van der Waals surface area contributed by atoms with Gasteiger partial charge in [0.05, 0.1) is 9.40 Å². The molecule has 7 heteroatoms. The van der Waals surface area contributed by atoms with Crippen molar-refractivity contribution in [3.63, 3.8) is 0 Å². The molecule has 92 valence electrons. The van der Waals surface area contributed by atoms with Crippen LogP contribution in [0.15, 0.2) is 16.7 Å². The standard InChI is InChI=1S/C10H13BrN4O2/c1-6-9(12)2-3-14(6)10-8(11)4-7(5-13-10)15(16)17/h4-6,9H,2-3,12H2,1H3. The van der Waals surface area contributed by atoms with Gasteiger partial charge in [0.2, 0.25) is 0 Å². The van der Waals surface area contributed by atoms with E-state index in [-0.39, 0.29) is 17.8 Å². The van der Waals surface area contributed by atoms with Gasteiger partial charge >= 0.3 is 0 Å². The van der Waals surface area contributed by atoms with Gasteiger partial charge in [-0.2, -0.15) is 0 Å². The molecule has 0 aromatic carbocycles. The Balaban J connectivity index is 2.31. The fourth-order valence-corrected chi connectivity index (χ4v) is 2.56. The van der Waals surface area contributed by atoms with Crippen LogP contribution in [0.5, 0.6) is 0 Å². The van der Waals surface area contributed by atoms with Gasteiger partial charge in [-0.05, 0) is 29.3 Å². The topological polar surface area (TPSA) is 85.3 Å². The first kappa shape index (κ1) is 12.3. The van der Waals surface area contributed by atoms with Crippen LogP contribution in [-0.2, 0) is 0 Å². The summed E-state index contributed by atoms with van der Waals surface area (Å²) in [5.41, 5.74) is 5.92. The lowest BCUT2D eigenvalue weighted by Crippen LogP contribution is -2.37. The monoisotopic (exact) mass is 300 g/mol. The average molecular weight is 301 g/mol. The first-order valence-electron chi connectivity index (χ1n) is 5.33. The van der Waals surface area contributed by atoms with Crippen molar-refractivity contribution >= 4 is 27.4 Å². The zero-order valence-corrected chi connectivity index (χ0v) is 10.9. The fraction of sp³-hybridized carbons (Fsp3) is 0.500. The fourth-order valence-electron chi connectivity index (χ4n) is 1.99. The number of anilines is 1. The Kier molecular flexibility index (Phi) is 3.30. The lowest BCUT2D eigenvalue weighted by atomic mass is 10.2. The Morgan fingerprint density at radius 3 is 2.88 bits per heavy atom. The van der Waals surface area contributed by atoms with Gasteiger partial charge in [0, 0.05) is 24.7 Å². The van der Waals surface area contributed by atoms with Crippen molar-refractivity contribution in [3.05, 3.63) is 26.9 Å². The van der Waals surface area contributed by atoms with E-state index in [1.54, 1.807) is 0 Å². The molecule has 0 bridgehead atoms. The van der Waals surface area contributed by atoms with Crippen molar-refractivity contribution in [2.45, 2.75) is 25.4 Å². The number of rotatable bonds is 2. The van der Waals surface area contributed by atoms with Crippen LogP contribution in [0, 0.1) is 10.1 Å². The Morgan fingerprint density at radius 1 is 1.71 bits per heavy atom. The largest absolute Gasteiger partial charge is 0.351 e. The third-order valence-electron chi connectivity index (χ3n) is 3.10. The molecule has 1 aliphatic heterocycles. The highest BCUT2D eigenvalue weighted by Crippen LogP contribution is 2.31. The van der Waals surface area contributed by atoms with Crippen LogP contribution >= 0.6 is 15.9 Å². The Morgan fingerprint density at radius 2 is 2.41 bits per heavy atom. The Labute approximate surface area is 107 Å². The van der Waals surface area contributed by atoms with Gasteiger partial charge in [-0.25, -0.2) is 4.98 Å². The summed E-state index contributed by atoms with van der Waals surface area (Å²) in [5.74, 6) is 0.719. The van der Waals surface area contributed by atoms with E-state index in [1.165, 1.54) is 12.3 Å². The molecule has 1 aromatic rings. The molecule has 0 amide bonds. The molecule has 1 saturated heterocycles. The number of pyridine rings is 1. The highest BCUT2D eigenvalue weighted by atomic mass is 79.9. The zero-order chi connectivity index (χ0) is 12.6. The normalized spacial score (nSPS) is 24.1. The van der Waals surface area contributed by atoms with E-state index in [2.05, 4.69) is 25.8 Å². The van der Waals surface area contributed by atoms with E-state index in [9.17, 15) is 10.1 Å². The number of hydrogen-bond acceptors (Lipinski definition) is 5. The Hall–Kier alpha value is -1.21. The zero-order valence-electron chi connectivity index (χ0n) is 9.34. The molecule has 1 aliphatic rings. The maximum atomic E-state index is 10.6. The summed E-state index contributed by atoms with van der Waals surface area (Å²) in [6, 6.07) is 1.79. The van der Waals surface area contributed by atoms with Crippen molar-refractivity contribution in [1.82, 2.24) is 4.98 Å². The van der Waals surface area contributed by atoms with Gasteiger partial charge < -0.3 is 10.6 Å². The summed E-state index contributed by atoms with van der Waals surface area (Å²) in [6.45, 7) is 2.86. The van der Waals surface area contributed by atoms with Gasteiger partial charge in [0.15, 0.2) is 0 Å². The van der Waals surface area contributed by atoms with Gasteiger partial charge in [-0.1, -0.05) is 0 Å². The Bertz CT molecular complexity index is 454. The van der Waals surface area contributed by atoms with E-state index in [1.807, 2.05) is 6.92 Å². The number of hydrogen-bond donors (Lipinski definition) is 1. The minimum Gasteiger partial charge on any atom is -0.351 e. The van der Waals surface area contributed by atoms with Gasteiger partial charge in [-0.3, -0.25) is 10.1 Å². The van der Waals surface area contributed by atoms with Crippen molar-refractivity contribution in [2.75, 3.05) is 11.4 Å². The predicted octanol–water partition coefficient (Wildman–Crippen LogP) is 1.68. The van der Waals surface area contributed by atoms with Crippen LogP contribution in [0.25, 0.3) is 0 Å². The highest BCUT2D eigenvalue weighted by Gasteiger charge is 2.30. The highest BCUT2D eigenvalue weighted by molar-refractivity contribution is 9.10. The summed E-state index contributed by atoms with van der Waals surface area (Å²) in [6.07, 6.45) is 2.18. The predicted molar refractivity (Wildman–Crippen MR) is 68.0 cm³/mol. The SMILES string of the molecule is CC1C(N)CCN1c1ncc([N+](=O)[O-])cc1Br. The van der Waals surface area contributed by atoms with E-state index >= 15 is 0 Å². The van der Waals surface area contributed by atoms with Crippen LogP contribution in [0.1, 0.15) is 13.3 Å². The molecule has 1 aromatic heterocycles. The molecular formula is C10H13BrN4O2. The lowest BCUT2D eigenvalue weighted by molar-refractivity contribution is -0.385. The maximum absolute atomic E-state index is 10.6. The maximum Gasteiger partial charge on any atom is 0.288 e. The molecule has 6 nitrogen and oxygen atoms in total. The first-order valence-corrected chi connectivity index (χ1v) is 6.12. The van der Waals surface area contributed by atoms with Crippen molar-refractivity contribution in [1.29, 1.82) is 0 Å². The van der Waals surface area contributed by atoms with Crippen LogP contribution < -0.4 is 10.6 Å². The van der Waals surface area contributed by atoms with E-state index in [4.69, 9.17) is 5.73 Å². The number of nitrogens with two attached hydrogens (primary N) is 1. The van der Waals surface area contributed by atoms with Crippen LogP contribution in [0.4, 0.5) is 11.5 Å². The second-order valence-corrected chi connectivity index (χ2v) is 5.00. The molecular weight excluding hydrogens is 288 g/mol. The number of aromatic nitrogens is 1. The third kappa shape index (κ3) is 2.25. The lowest BCUT2D eigenvalue weighted by Gasteiger charge is -2.24. The van der Waals surface area contributed by atoms with Crippen LogP contribution in [0.3, 0.4) is 0 Å². The molecule has 0 saturated carbocycles. The van der Waals surface area contributed by atoms with Gasteiger partial charge in [0.1, 0.15) is 12.0 Å². The second-order valence-electron chi connectivity index (χ2n) is 4.14. The first-order chi connectivity index (χ1) is 8.00. The summed E-state index contributed by atoms with van der Waals surface area (Å²) in [5, 5.41) is 10.6. The van der Waals surface area contributed by atoms with Crippen molar-refractivity contribution in [2.24, 2.45) is 5.73 Å². The molecule has 2 unspecified atom stereocenters. The minimum absolute atomic E-state index is 0.0169. The molecule has 0 aliphatic carbocycles. The average Bonchev–Trinajstić information content (AvgIpc) is 2.60. The van der Waals surface area contributed by atoms with E-state index < -0.39 is 4.92 Å². The summed E-state index contributed by atoms with van der Waals surface area (Å²) >= 11 is 3.32. The number of halogens is 1. The number of nitro groups is 1. The van der Waals surface area contributed by atoms with Crippen LogP contribution in [-0.4, -0.2) is 28.5 Å². The number of nitrogens with zero attached hydrogens (tertiary/aromatic N) is 3. The molecule has 0 radical (unpaired) electrons. The minimum atomic E-state index is -0.458. The van der Waals surface area contributed by atoms with Crippen molar-refractivity contribution < 1.29 is 4.92 Å². The molecule has 2 rings (SSSR count). The molecule has 1 fully saturated rings. The quantitative estimate of drug-likeness (QED) is 0.663. The summed E-state index contributed by atoms with van der Waals surface area (Å²) < 4.78 is 0.632. The summed E-state index contributed by atoms with van der Waals surface area (Å²) in [4.78, 5) is 16.4. The van der Waals surface area contributed by atoms with Gasteiger partial charge in [0.25, 0.3) is 5.69 Å². The van der Waals surface area contributed by atoms with Crippen molar-refractivity contribution in [3.8, 4) is 0 Å². The smallest absolute Gasteiger partial charge is 0.288 e. The van der Waals surface area contributed by atoms with Gasteiger partial charge in [-0.15, -0.1) is 0 Å². The molecule has 2 atom stereocenters. The third-order valence-corrected chi connectivity index (χ3v) is 3.69. The molecule has 2 heterocycles.